The van der Waals surface area contributed by atoms with Crippen LogP contribution in [-0.4, -0.2) is 11.7 Å². The molecule has 2 N–H and O–H groups in total. The normalized spacial score (nSPS) is 16.1. The van der Waals surface area contributed by atoms with Crippen molar-refractivity contribution in [1.29, 1.82) is 0 Å². The highest BCUT2D eigenvalue weighted by Crippen LogP contribution is 2.28. The minimum Gasteiger partial charge on any atom is -0.507 e. The summed E-state index contributed by atoms with van der Waals surface area (Å²) in [6.07, 6.45) is 4.10. The molecule has 16 heavy (non-hydrogen) atoms. The molecule has 0 radical (unpaired) electrons. The topological polar surface area (TPSA) is 32.3 Å². The van der Waals surface area contributed by atoms with E-state index in [9.17, 15) is 5.11 Å². The average Bonchev–Trinajstić information content (AvgIpc) is 2.16. The highest BCUT2D eigenvalue weighted by atomic mass is 79.9. The third-order valence-electron chi connectivity index (χ3n) is 3.32. The summed E-state index contributed by atoms with van der Waals surface area (Å²) in [7, 11) is 0. The van der Waals surface area contributed by atoms with E-state index in [-0.39, 0.29) is 0 Å². The smallest absolute Gasteiger partial charge is 0.123 e. The van der Waals surface area contributed by atoms with Crippen LogP contribution in [0.3, 0.4) is 0 Å². The molecule has 1 aromatic rings. The molecule has 0 bridgehead atoms. The van der Waals surface area contributed by atoms with Gasteiger partial charge in [0.2, 0.25) is 0 Å². The van der Waals surface area contributed by atoms with Crippen LogP contribution in [0.2, 0.25) is 0 Å². The van der Waals surface area contributed by atoms with Gasteiger partial charge in [0.25, 0.3) is 0 Å². The first-order chi connectivity index (χ1) is 7.66. The van der Waals surface area contributed by atoms with Gasteiger partial charge in [-0.15, -0.1) is 0 Å². The van der Waals surface area contributed by atoms with Gasteiger partial charge in [-0.1, -0.05) is 22.4 Å². The molecule has 0 saturated heterocycles. The van der Waals surface area contributed by atoms with E-state index in [0.29, 0.717) is 5.75 Å². The van der Waals surface area contributed by atoms with Gasteiger partial charge in [-0.2, -0.15) is 0 Å². The van der Waals surface area contributed by atoms with Crippen molar-refractivity contribution in [1.82, 2.24) is 5.32 Å². The number of benzene rings is 1. The van der Waals surface area contributed by atoms with Crippen LogP contribution in [0.1, 0.15) is 30.4 Å². The Balaban J connectivity index is 1.92. The molecule has 0 heterocycles. The van der Waals surface area contributed by atoms with Crippen LogP contribution in [0.4, 0.5) is 0 Å². The molecule has 1 saturated carbocycles. The van der Waals surface area contributed by atoms with Gasteiger partial charge >= 0.3 is 0 Å². The Kier molecular flexibility index (Phi) is 3.87. The molecule has 1 aromatic carbocycles. The van der Waals surface area contributed by atoms with Crippen LogP contribution >= 0.6 is 15.9 Å². The van der Waals surface area contributed by atoms with E-state index < -0.39 is 0 Å². The number of hydrogen-bond acceptors (Lipinski definition) is 2. The van der Waals surface area contributed by atoms with E-state index in [0.717, 1.165) is 34.6 Å². The molecule has 88 valence electrons. The predicted molar refractivity (Wildman–Crippen MR) is 69.6 cm³/mol. The van der Waals surface area contributed by atoms with Gasteiger partial charge in [0.15, 0.2) is 0 Å². The van der Waals surface area contributed by atoms with Crippen LogP contribution in [-0.2, 0) is 6.54 Å². The number of halogens is 1. The van der Waals surface area contributed by atoms with Crippen LogP contribution in [0.25, 0.3) is 0 Å². The van der Waals surface area contributed by atoms with E-state index in [4.69, 9.17) is 0 Å². The highest BCUT2D eigenvalue weighted by molar-refractivity contribution is 9.10. The summed E-state index contributed by atoms with van der Waals surface area (Å²) in [6.45, 7) is 3.75. The third-order valence-corrected chi connectivity index (χ3v) is 3.78. The highest BCUT2D eigenvalue weighted by Gasteiger charge is 2.16. The quantitative estimate of drug-likeness (QED) is 0.888. The first-order valence-electron chi connectivity index (χ1n) is 5.85. The lowest BCUT2D eigenvalue weighted by molar-refractivity contribution is 0.300. The Morgan fingerprint density at radius 2 is 2.19 bits per heavy atom. The van der Waals surface area contributed by atoms with Crippen molar-refractivity contribution in [2.24, 2.45) is 5.92 Å². The Morgan fingerprint density at radius 1 is 1.44 bits per heavy atom. The van der Waals surface area contributed by atoms with Gasteiger partial charge in [0, 0.05) is 16.6 Å². The standard InChI is InChI=1S/C13H18BrNO/c1-9-5-12(14)6-11(13(9)16)8-15-7-10-3-2-4-10/h5-6,10,15-16H,2-4,7-8H2,1H3. The zero-order chi connectivity index (χ0) is 11.5. The summed E-state index contributed by atoms with van der Waals surface area (Å²) in [5.74, 6) is 1.28. The fourth-order valence-corrected chi connectivity index (χ4v) is 2.67. The lowest BCUT2D eigenvalue weighted by Crippen LogP contribution is -2.26. The van der Waals surface area contributed by atoms with Crippen LogP contribution in [0.15, 0.2) is 16.6 Å². The monoisotopic (exact) mass is 283 g/mol. The summed E-state index contributed by atoms with van der Waals surface area (Å²) in [5.41, 5.74) is 1.90. The Bertz CT molecular complexity index is 374. The molecule has 0 aromatic heterocycles. The second kappa shape index (κ2) is 5.19. The first kappa shape index (κ1) is 11.9. The molecule has 1 fully saturated rings. The number of rotatable bonds is 4. The van der Waals surface area contributed by atoms with Gasteiger partial charge in [-0.3, -0.25) is 0 Å². The summed E-state index contributed by atoms with van der Waals surface area (Å²) >= 11 is 3.45. The molecule has 2 nitrogen and oxygen atoms in total. The Morgan fingerprint density at radius 3 is 2.81 bits per heavy atom. The number of nitrogens with one attached hydrogen (secondary N) is 1. The molecule has 3 heteroatoms. The largest absolute Gasteiger partial charge is 0.507 e. The third kappa shape index (κ3) is 2.77. The number of hydrogen-bond donors (Lipinski definition) is 2. The summed E-state index contributed by atoms with van der Waals surface area (Å²) in [5, 5.41) is 13.3. The number of phenolic OH excluding ortho intramolecular Hbond substituents is 1. The molecule has 0 atom stereocenters. The molecule has 0 amide bonds. The van der Waals surface area contributed by atoms with Crippen molar-refractivity contribution in [3.63, 3.8) is 0 Å². The maximum atomic E-state index is 9.90. The fourth-order valence-electron chi connectivity index (χ4n) is 2.05. The second-order valence-electron chi connectivity index (χ2n) is 4.66. The van der Waals surface area contributed by atoms with Crippen LogP contribution in [0.5, 0.6) is 5.75 Å². The number of phenols is 1. The molecule has 1 aliphatic rings. The molecular weight excluding hydrogens is 266 g/mol. The van der Waals surface area contributed by atoms with Gasteiger partial charge in [0.05, 0.1) is 0 Å². The maximum absolute atomic E-state index is 9.90. The molecule has 0 spiro atoms. The van der Waals surface area contributed by atoms with Crippen LogP contribution < -0.4 is 5.32 Å². The van der Waals surface area contributed by atoms with Crippen molar-refractivity contribution in [2.75, 3.05) is 6.54 Å². The average molecular weight is 284 g/mol. The Labute approximate surface area is 105 Å². The fraction of sp³-hybridized carbons (Fsp3) is 0.538. The van der Waals surface area contributed by atoms with Crippen molar-refractivity contribution in [3.8, 4) is 5.75 Å². The van der Waals surface area contributed by atoms with E-state index in [1.165, 1.54) is 19.3 Å². The summed E-state index contributed by atoms with van der Waals surface area (Å²) in [4.78, 5) is 0. The number of aromatic hydroxyl groups is 1. The summed E-state index contributed by atoms with van der Waals surface area (Å²) in [6, 6.07) is 3.92. The Hall–Kier alpha value is -0.540. The molecule has 1 aliphatic carbocycles. The molecule has 2 rings (SSSR count). The summed E-state index contributed by atoms with van der Waals surface area (Å²) < 4.78 is 1.03. The molecule has 0 aliphatic heterocycles. The lowest BCUT2D eigenvalue weighted by Gasteiger charge is -2.25. The zero-order valence-corrected chi connectivity index (χ0v) is 11.2. The van der Waals surface area contributed by atoms with E-state index >= 15 is 0 Å². The SMILES string of the molecule is Cc1cc(Br)cc(CNCC2CCC2)c1O. The van der Waals surface area contributed by atoms with Gasteiger partial charge in [0.1, 0.15) is 5.75 Å². The first-order valence-corrected chi connectivity index (χ1v) is 6.65. The van der Waals surface area contributed by atoms with E-state index in [1.54, 1.807) is 0 Å². The molecule has 0 unspecified atom stereocenters. The minimum absolute atomic E-state index is 0.421. The van der Waals surface area contributed by atoms with Gasteiger partial charge < -0.3 is 10.4 Å². The van der Waals surface area contributed by atoms with Gasteiger partial charge in [-0.25, -0.2) is 0 Å². The number of aryl methyl sites for hydroxylation is 1. The predicted octanol–water partition coefficient (Wildman–Crippen LogP) is 3.35. The van der Waals surface area contributed by atoms with Crippen molar-refractivity contribution in [2.45, 2.75) is 32.7 Å². The van der Waals surface area contributed by atoms with Crippen molar-refractivity contribution in [3.05, 3.63) is 27.7 Å². The molecular formula is C13H18BrNO. The van der Waals surface area contributed by atoms with Crippen molar-refractivity contribution >= 4 is 15.9 Å². The van der Waals surface area contributed by atoms with E-state index in [1.807, 2.05) is 19.1 Å². The zero-order valence-electron chi connectivity index (χ0n) is 9.59. The van der Waals surface area contributed by atoms with Crippen LogP contribution in [0, 0.1) is 12.8 Å². The van der Waals surface area contributed by atoms with Gasteiger partial charge in [-0.05, 0) is 49.9 Å². The lowest BCUT2D eigenvalue weighted by atomic mass is 9.85. The second-order valence-corrected chi connectivity index (χ2v) is 5.57. The minimum atomic E-state index is 0.421. The maximum Gasteiger partial charge on any atom is 0.123 e. The van der Waals surface area contributed by atoms with Crippen molar-refractivity contribution < 1.29 is 5.11 Å². The van der Waals surface area contributed by atoms with E-state index in [2.05, 4.69) is 21.2 Å².